The van der Waals surface area contributed by atoms with Gasteiger partial charge >= 0.3 is 5.69 Å². The predicted molar refractivity (Wildman–Crippen MR) is 60.2 cm³/mol. The van der Waals surface area contributed by atoms with E-state index in [0.717, 1.165) is 6.33 Å². The lowest BCUT2D eigenvalue weighted by Gasteiger charge is -2.21. The SMILES string of the molecule is CC(C)(C)NNc1ncnc(Cl)c1[N+](=O)[O-]. The monoisotopic (exact) mass is 245 g/mol. The Morgan fingerprint density at radius 1 is 1.44 bits per heavy atom. The summed E-state index contributed by atoms with van der Waals surface area (Å²) in [6, 6.07) is 0. The summed E-state index contributed by atoms with van der Waals surface area (Å²) in [5, 5.41) is 10.5. The molecule has 0 unspecified atom stereocenters. The number of aromatic nitrogens is 2. The van der Waals surface area contributed by atoms with Crippen molar-refractivity contribution in [2.24, 2.45) is 0 Å². The summed E-state index contributed by atoms with van der Waals surface area (Å²) < 4.78 is 0. The third-order valence-electron chi connectivity index (χ3n) is 1.52. The molecule has 0 aromatic carbocycles. The minimum absolute atomic E-state index is 0.0416. The fourth-order valence-corrected chi connectivity index (χ4v) is 1.06. The number of hydrogen-bond acceptors (Lipinski definition) is 6. The largest absolute Gasteiger partial charge is 0.349 e. The number of halogens is 1. The number of nitro groups is 1. The second-order valence-corrected chi connectivity index (χ2v) is 4.48. The van der Waals surface area contributed by atoms with Crippen LogP contribution in [0.25, 0.3) is 0 Å². The zero-order valence-corrected chi connectivity index (χ0v) is 9.87. The smallest absolute Gasteiger partial charge is 0.299 e. The molecule has 1 heterocycles. The Labute approximate surface area is 97.4 Å². The van der Waals surface area contributed by atoms with E-state index >= 15 is 0 Å². The van der Waals surface area contributed by atoms with Crippen molar-refractivity contribution in [3.05, 3.63) is 21.6 Å². The van der Waals surface area contributed by atoms with Crippen LogP contribution in [0.5, 0.6) is 0 Å². The van der Waals surface area contributed by atoms with E-state index < -0.39 is 4.92 Å². The van der Waals surface area contributed by atoms with Crippen LogP contribution in [0.2, 0.25) is 5.15 Å². The number of anilines is 1. The van der Waals surface area contributed by atoms with E-state index in [4.69, 9.17) is 11.6 Å². The fourth-order valence-electron chi connectivity index (χ4n) is 0.857. The molecule has 0 spiro atoms. The molecule has 0 saturated heterocycles. The van der Waals surface area contributed by atoms with Gasteiger partial charge in [0, 0.05) is 5.54 Å². The Morgan fingerprint density at radius 3 is 2.56 bits per heavy atom. The van der Waals surface area contributed by atoms with Gasteiger partial charge in [-0.15, -0.1) is 0 Å². The number of nitrogens with zero attached hydrogens (tertiary/aromatic N) is 3. The van der Waals surface area contributed by atoms with Crippen molar-refractivity contribution in [2.45, 2.75) is 26.3 Å². The van der Waals surface area contributed by atoms with E-state index in [1.54, 1.807) is 0 Å². The average Bonchev–Trinajstić information content (AvgIpc) is 2.12. The first kappa shape index (κ1) is 12.6. The topological polar surface area (TPSA) is 93.0 Å². The molecule has 8 heteroatoms. The normalized spacial score (nSPS) is 11.2. The van der Waals surface area contributed by atoms with E-state index in [9.17, 15) is 10.1 Å². The van der Waals surface area contributed by atoms with Crippen LogP contribution in [-0.2, 0) is 0 Å². The average molecular weight is 246 g/mol. The zero-order valence-electron chi connectivity index (χ0n) is 9.11. The molecule has 88 valence electrons. The maximum absolute atomic E-state index is 10.7. The standard InChI is InChI=1S/C8H12ClN5O2/c1-8(2,3)13-12-7-5(14(15)16)6(9)10-4-11-7/h4,13H,1-3H3,(H,10,11,12). The highest BCUT2D eigenvalue weighted by Gasteiger charge is 2.22. The van der Waals surface area contributed by atoms with Gasteiger partial charge in [0.05, 0.1) is 4.92 Å². The molecular formula is C8H12ClN5O2. The first-order valence-electron chi connectivity index (χ1n) is 4.49. The van der Waals surface area contributed by atoms with Gasteiger partial charge in [0.1, 0.15) is 6.33 Å². The first-order valence-corrected chi connectivity index (χ1v) is 4.87. The van der Waals surface area contributed by atoms with Crippen molar-refractivity contribution in [3.63, 3.8) is 0 Å². The molecule has 0 aliphatic carbocycles. The summed E-state index contributed by atoms with van der Waals surface area (Å²) in [7, 11) is 0. The van der Waals surface area contributed by atoms with Crippen LogP contribution in [0.4, 0.5) is 11.5 Å². The molecule has 0 amide bonds. The van der Waals surface area contributed by atoms with Crippen LogP contribution in [0, 0.1) is 10.1 Å². The number of nitrogens with one attached hydrogen (secondary N) is 2. The lowest BCUT2D eigenvalue weighted by Crippen LogP contribution is -2.40. The van der Waals surface area contributed by atoms with Gasteiger partial charge in [0.2, 0.25) is 11.0 Å². The van der Waals surface area contributed by atoms with Crippen molar-refractivity contribution in [2.75, 3.05) is 5.43 Å². The summed E-state index contributed by atoms with van der Waals surface area (Å²) >= 11 is 5.61. The highest BCUT2D eigenvalue weighted by Crippen LogP contribution is 2.27. The molecule has 0 bridgehead atoms. The molecule has 16 heavy (non-hydrogen) atoms. The van der Waals surface area contributed by atoms with Crippen molar-refractivity contribution >= 4 is 23.1 Å². The van der Waals surface area contributed by atoms with Gasteiger partial charge in [-0.05, 0) is 20.8 Å². The van der Waals surface area contributed by atoms with Gasteiger partial charge in [0.15, 0.2) is 0 Å². The third kappa shape index (κ3) is 3.28. The molecule has 1 aromatic rings. The first-order chi connectivity index (χ1) is 7.31. The highest BCUT2D eigenvalue weighted by molar-refractivity contribution is 6.31. The van der Waals surface area contributed by atoms with E-state index in [0.29, 0.717) is 0 Å². The Hall–Kier alpha value is -1.47. The summed E-state index contributed by atoms with van der Waals surface area (Å²) in [5.74, 6) is 0.0416. The Morgan fingerprint density at radius 2 is 2.06 bits per heavy atom. The number of rotatable bonds is 3. The lowest BCUT2D eigenvalue weighted by molar-refractivity contribution is -0.384. The van der Waals surface area contributed by atoms with E-state index in [1.165, 1.54) is 0 Å². The Bertz CT molecular complexity index is 404. The van der Waals surface area contributed by atoms with E-state index in [1.807, 2.05) is 20.8 Å². The minimum Gasteiger partial charge on any atom is -0.299 e. The van der Waals surface area contributed by atoms with Gasteiger partial charge in [-0.2, -0.15) is 0 Å². The third-order valence-corrected chi connectivity index (χ3v) is 1.79. The second-order valence-electron chi connectivity index (χ2n) is 4.12. The van der Waals surface area contributed by atoms with Crippen LogP contribution in [0.15, 0.2) is 6.33 Å². The maximum Gasteiger partial charge on any atom is 0.349 e. The van der Waals surface area contributed by atoms with Crippen LogP contribution in [0.1, 0.15) is 20.8 Å². The van der Waals surface area contributed by atoms with Crippen LogP contribution in [0.3, 0.4) is 0 Å². The van der Waals surface area contributed by atoms with Gasteiger partial charge in [-0.25, -0.2) is 15.4 Å². The van der Waals surface area contributed by atoms with Gasteiger partial charge < -0.3 is 0 Å². The minimum atomic E-state index is -0.630. The Balaban J connectivity index is 2.96. The molecule has 0 aliphatic rings. The molecule has 7 nitrogen and oxygen atoms in total. The number of hydrogen-bond donors (Lipinski definition) is 2. The predicted octanol–water partition coefficient (Wildman–Crippen LogP) is 1.75. The molecule has 1 aromatic heterocycles. The van der Waals surface area contributed by atoms with Gasteiger partial charge in [0.25, 0.3) is 0 Å². The molecule has 1 rings (SSSR count). The van der Waals surface area contributed by atoms with Crippen molar-refractivity contribution < 1.29 is 4.92 Å². The van der Waals surface area contributed by atoms with Crippen LogP contribution >= 0.6 is 11.6 Å². The molecule has 0 fully saturated rings. The van der Waals surface area contributed by atoms with Crippen LogP contribution in [-0.4, -0.2) is 20.4 Å². The van der Waals surface area contributed by atoms with Gasteiger partial charge in [-0.1, -0.05) is 11.6 Å². The molecule has 2 N–H and O–H groups in total. The summed E-state index contributed by atoms with van der Waals surface area (Å²) in [4.78, 5) is 17.4. The second kappa shape index (κ2) is 4.58. The Kier molecular flexibility index (Phi) is 3.61. The van der Waals surface area contributed by atoms with Crippen LogP contribution < -0.4 is 10.9 Å². The molecule has 0 radical (unpaired) electrons. The lowest BCUT2D eigenvalue weighted by atomic mass is 10.1. The van der Waals surface area contributed by atoms with E-state index in [2.05, 4.69) is 20.8 Å². The molecule has 0 atom stereocenters. The number of hydrazine groups is 1. The van der Waals surface area contributed by atoms with E-state index in [-0.39, 0.29) is 22.2 Å². The maximum atomic E-state index is 10.7. The molecule has 0 saturated carbocycles. The quantitative estimate of drug-likeness (QED) is 0.479. The summed E-state index contributed by atoms with van der Waals surface area (Å²) in [6.45, 7) is 5.69. The van der Waals surface area contributed by atoms with Gasteiger partial charge in [-0.3, -0.25) is 15.5 Å². The molecule has 0 aliphatic heterocycles. The zero-order chi connectivity index (χ0) is 12.3. The summed E-state index contributed by atoms with van der Waals surface area (Å²) in [5.41, 5.74) is 4.90. The molecular weight excluding hydrogens is 234 g/mol. The highest BCUT2D eigenvalue weighted by atomic mass is 35.5. The summed E-state index contributed by atoms with van der Waals surface area (Å²) in [6.07, 6.45) is 1.15. The van der Waals surface area contributed by atoms with Crippen molar-refractivity contribution in [1.82, 2.24) is 15.4 Å². The van der Waals surface area contributed by atoms with Crippen molar-refractivity contribution in [1.29, 1.82) is 0 Å². The van der Waals surface area contributed by atoms with Crippen molar-refractivity contribution in [3.8, 4) is 0 Å². The fraction of sp³-hybridized carbons (Fsp3) is 0.500.